The van der Waals surface area contributed by atoms with Gasteiger partial charge in [0.1, 0.15) is 14.4 Å². The normalized spacial score (nSPS) is 11.7. The molecule has 0 saturated heterocycles. The first kappa shape index (κ1) is 16.7. The summed E-state index contributed by atoms with van der Waals surface area (Å²) < 4.78 is 29.7. The van der Waals surface area contributed by atoms with Crippen LogP contribution in [0, 0.1) is 0 Å². The molecular weight excluding hydrogens is 454 g/mol. The smallest absolute Gasteiger partial charge is 0.342 e. The van der Waals surface area contributed by atoms with E-state index >= 15 is 0 Å². The largest absolute Gasteiger partial charge is 0.379 e. The predicted octanol–water partition coefficient (Wildman–Crippen LogP) is 5.89. The molecule has 0 spiro atoms. The maximum atomic E-state index is 12.2. The standard InChI is InChI=1S/C10H3BrCl4O3S2/c11-7-8(10(15)19-9(7)14)20(16,17)18-4-1-2-5(12)6(13)3-4/h1-3H. The topological polar surface area (TPSA) is 43.4 Å². The van der Waals surface area contributed by atoms with E-state index in [9.17, 15) is 8.42 Å². The van der Waals surface area contributed by atoms with Crippen LogP contribution >= 0.6 is 73.7 Å². The molecule has 1 heterocycles. The predicted molar refractivity (Wildman–Crippen MR) is 86.3 cm³/mol. The molecule has 0 bridgehead atoms. The Hall–Kier alpha value is 0.310. The Morgan fingerprint density at radius 1 is 1.05 bits per heavy atom. The van der Waals surface area contributed by atoms with E-state index in [0.717, 1.165) is 11.3 Å². The quantitative estimate of drug-likeness (QED) is 0.540. The van der Waals surface area contributed by atoms with E-state index in [1.165, 1.54) is 18.2 Å². The molecule has 108 valence electrons. The minimum absolute atomic E-state index is 0.00179. The summed E-state index contributed by atoms with van der Waals surface area (Å²) in [4.78, 5) is -0.222. The van der Waals surface area contributed by atoms with Crippen molar-refractivity contribution < 1.29 is 12.6 Å². The summed E-state index contributed by atoms with van der Waals surface area (Å²) >= 11 is 27.2. The summed E-state index contributed by atoms with van der Waals surface area (Å²) in [6.45, 7) is 0. The molecule has 0 saturated carbocycles. The van der Waals surface area contributed by atoms with Crippen LogP contribution in [0.15, 0.2) is 27.6 Å². The van der Waals surface area contributed by atoms with E-state index in [0.29, 0.717) is 0 Å². The molecule has 2 aromatic rings. The van der Waals surface area contributed by atoms with Gasteiger partial charge in [0.15, 0.2) is 4.90 Å². The van der Waals surface area contributed by atoms with Gasteiger partial charge < -0.3 is 4.18 Å². The lowest BCUT2D eigenvalue weighted by atomic mass is 10.3. The molecule has 2 rings (SSSR count). The molecule has 0 N–H and O–H groups in total. The molecule has 0 aliphatic heterocycles. The third kappa shape index (κ3) is 3.38. The Bertz CT molecular complexity index is 773. The Morgan fingerprint density at radius 2 is 1.70 bits per heavy atom. The maximum absolute atomic E-state index is 12.2. The molecule has 0 amide bonds. The molecule has 0 atom stereocenters. The van der Waals surface area contributed by atoms with Gasteiger partial charge in [-0.15, -0.1) is 11.3 Å². The molecule has 0 radical (unpaired) electrons. The minimum atomic E-state index is -4.14. The second kappa shape index (κ2) is 6.20. The summed E-state index contributed by atoms with van der Waals surface area (Å²) in [6, 6.07) is 4.09. The highest BCUT2D eigenvalue weighted by Crippen LogP contribution is 2.43. The Morgan fingerprint density at radius 3 is 2.20 bits per heavy atom. The van der Waals surface area contributed by atoms with Crippen molar-refractivity contribution in [2.75, 3.05) is 0 Å². The second-order valence-corrected chi connectivity index (χ2v) is 8.72. The number of rotatable bonds is 3. The van der Waals surface area contributed by atoms with E-state index in [1.54, 1.807) is 0 Å². The van der Waals surface area contributed by atoms with Crippen LogP contribution in [0.2, 0.25) is 18.7 Å². The highest BCUT2D eigenvalue weighted by atomic mass is 79.9. The average molecular weight is 457 g/mol. The van der Waals surface area contributed by atoms with Crippen molar-refractivity contribution in [3.63, 3.8) is 0 Å². The lowest BCUT2D eigenvalue weighted by Crippen LogP contribution is -2.09. The molecule has 0 fully saturated rings. The first-order valence-corrected chi connectivity index (χ1v) is 9.28. The number of hydrogen-bond donors (Lipinski definition) is 0. The lowest BCUT2D eigenvalue weighted by Gasteiger charge is -2.07. The van der Waals surface area contributed by atoms with Crippen LogP contribution in [0.4, 0.5) is 0 Å². The third-order valence-electron chi connectivity index (χ3n) is 2.08. The van der Waals surface area contributed by atoms with Crippen molar-refractivity contribution in [3.8, 4) is 5.75 Å². The third-order valence-corrected chi connectivity index (χ3v) is 7.53. The first-order valence-electron chi connectivity index (χ1n) is 4.75. The zero-order valence-electron chi connectivity index (χ0n) is 9.16. The number of hydrogen-bond acceptors (Lipinski definition) is 4. The van der Waals surface area contributed by atoms with Crippen molar-refractivity contribution in [2.45, 2.75) is 4.90 Å². The van der Waals surface area contributed by atoms with Gasteiger partial charge in [0.25, 0.3) is 0 Å². The van der Waals surface area contributed by atoms with Gasteiger partial charge in [0.2, 0.25) is 0 Å². The first-order chi connectivity index (χ1) is 9.22. The molecule has 20 heavy (non-hydrogen) atoms. The van der Waals surface area contributed by atoms with Gasteiger partial charge in [0.05, 0.1) is 14.5 Å². The summed E-state index contributed by atoms with van der Waals surface area (Å²) in [7, 11) is -4.14. The van der Waals surface area contributed by atoms with Gasteiger partial charge >= 0.3 is 10.1 Å². The minimum Gasteiger partial charge on any atom is -0.379 e. The summed E-state index contributed by atoms with van der Waals surface area (Å²) in [6.07, 6.45) is 0. The summed E-state index contributed by atoms with van der Waals surface area (Å²) in [5, 5.41) is 0.460. The van der Waals surface area contributed by atoms with E-state index in [1.807, 2.05) is 0 Å². The Balaban J connectivity index is 2.43. The van der Waals surface area contributed by atoms with Gasteiger partial charge in [-0.05, 0) is 28.1 Å². The van der Waals surface area contributed by atoms with E-state index < -0.39 is 10.1 Å². The van der Waals surface area contributed by atoms with Crippen LogP contribution in [-0.4, -0.2) is 8.42 Å². The molecule has 0 aliphatic carbocycles. The van der Waals surface area contributed by atoms with Crippen LogP contribution in [0.1, 0.15) is 0 Å². The van der Waals surface area contributed by atoms with Crippen LogP contribution in [0.5, 0.6) is 5.75 Å². The van der Waals surface area contributed by atoms with Crippen molar-refractivity contribution in [2.24, 2.45) is 0 Å². The molecule has 3 nitrogen and oxygen atoms in total. The second-order valence-electron chi connectivity index (χ2n) is 3.41. The lowest BCUT2D eigenvalue weighted by molar-refractivity contribution is 0.486. The van der Waals surface area contributed by atoms with Gasteiger partial charge in [-0.1, -0.05) is 46.4 Å². The zero-order valence-corrected chi connectivity index (χ0v) is 15.4. The number of thiophene rings is 1. The number of halogens is 5. The molecule has 0 unspecified atom stereocenters. The monoisotopic (exact) mass is 454 g/mol. The van der Waals surface area contributed by atoms with Gasteiger partial charge in [-0.25, -0.2) is 0 Å². The highest BCUT2D eigenvalue weighted by Gasteiger charge is 2.28. The van der Waals surface area contributed by atoms with Crippen molar-refractivity contribution >= 4 is 83.8 Å². The average Bonchev–Trinajstić information content (AvgIpc) is 2.58. The Kier molecular flexibility index (Phi) is 5.17. The van der Waals surface area contributed by atoms with Gasteiger partial charge in [-0.3, -0.25) is 0 Å². The van der Waals surface area contributed by atoms with E-state index in [2.05, 4.69) is 15.9 Å². The van der Waals surface area contributed by atoms with E-state index in [-0.39, 0.29) is 33.8 Å². The molecular formula is C10H3BrCl4O3S2. The van der Waals surface area contributed by atoms with Crippen molar-refractivity contribution in [1.29, 1.82) is 0 Å². The maximum Gasteiger partial charge on any atom is 0.342 e. The fraction of sp³-hybridized carbons (Fsp3) is 0. The summed E-state index contributed by atoms with van der Waals surface area (Å²) in [5.41, 5.74) is 0. The van der Waals surface area contributed by atoms with E-state index in [4.69, 9.17) is 50.6 Å². The SMILES string of the molecule is O=S(=O)(Oc1ccc(Cl)c(Cl)c1)c1c(Cl)sc(Cl)c1Br. The van der Waals surface area contributed by atoms with Crippen LogP contribution in [0.25, 0.3) is 0 Å². The molecule has 1 aromatic carbocycles. The fourth-order valence-corrected chi connectivity index (χ4v) is 5.93. The zero-order chi connectivity index (χ0) is 15.1. The number of benzene rings is 1. The van der Waals surface area contributed by atoms with Gasteiger partial charge in [-0.2, -0.15) is 8.42 Å². The van der Waals surface area contributed by atoms with Crippen LogP contribution in [0.3, 0.4) is 0 Å². The van der Waals surface area contributed by atoms with Crippen molar-refractivity contribution in [1.82, 2.24) is 0 Å². The van der Waals surface area contributed by atoms with Crippen LogP contribution in [-0.2, 0) is 10.1 Å². The molecule has 0 aliphatic rings. The molecule has 10 heteroatoms. The highest BCUT2D eigenvalue weighted by molar-refractivity contribution is 9.10. The fourth-order valence-electron chi connectivity index (χ4n) is 1.25. The Labute approximate surface area is 147 Å². The van der Waals surface area contributed by atoms with Crippen molar-refractivity contribution in [3.05, 3.63) is 41.4 Å². The molecule has 1 aromatic heterocycles. The van der Waals surface area contributed by atoms with Gasteiger partial charge in [0, 0.05) is 6.07 Å². The summed E-state index contributed by atoms with van der Waals surface area (Å²) in [5.74, 6) is 0.0182. The van der Waals surface area contributed by atoms with Crippen LogP contribution < -0.4 is 4.18 Å².